The van der Waals surface area contributed by atoms with E-state index in [9.17, 15) is 0 Å². The highest BCUT2D eigenvalue weighted by Crippen LogP contribution is 2.40. The van der Waals surface area contributed by atoms with Gasteiger partial charge in [-0.1, -0.05) is 85.5 Å². The van der Waals surface area contributed by atoms with E-state index in [1.807, 2.05) is 18.2 Å². The van der Waals surface area contributed by atoms with Crippen LogP contribution in [0, 0.1) is 0 Å². The summed E-state index contributed by atoms with van der Waals surface area (Å²) < 4.78 is 0. The standard InChI is InChI=1S/C26H21N/c1-2-21-12-11-13-22(20-21)25-18-9-10-19-26(25)27(23-14-5-3-6-15-23)24-16-7-4-8-17-24/h2-20H,1H2. The van der Waals surface area contributed by atoms with Gasteiger partial charge in [-0.2, -0.15) is 0 Å². The maximum absolute atomic E-state index is 3.91. The minimum absolute atomic E-state index is 1.12. The molecule has 0 bridgehead atoms. The molecule has 0 spiro atoms. The molecule has 4 rings (SSSR count). The van der Waals surface area contributed by atoms with Crippen LogP contribution in [0.1, 0.15) is 5.56 Å². The Labute approximate surface area is 160 Å². The number of anilines is 3. The van der Waals surface area contributed by atoms with Gasteiger partial charge >= 0.3 is 0 Å². The molecule has 0 unspecified atom stereocenters. The summed E-state index contributed by atoms with van der Waals surface area (Å²) in [6, 6.07) is 38.0. The van der Waals surface area contributed by atoms with Gasteiger partial charge in [-0.3, -0.25) is 0 Å². The van der Waals surface area contributed by atoms with Crippen molar-refractivity contribution in [1.29, 1.82) is 0 Å². The largest absolute Gasteiger partial charge is 0.310 e. The summed E-state index contributed by atoms with van der Waals surface area (Å²) in [6.45, 7) is 3.91. The molecule has 0 aliphatic heterocycles. The predicted molar refractivity (Wildman–Crippen MR) is 117 cm³/mol. The molecule has 1 nitrogen and oxygen atoms in total. The number of rotatable bonds is 5. The number of hydrogen-bond acceptors (Lipinski definition) is 1. The third-order valence-electron chi connectivity index (χ3n) is 4.61. The van der Waals surface area contributed by atoms with Gasteiger partial charge in [-0.05, 0) is 47.5 Å². The number of benzene rings is 4. The van der Waals surface area contributed by atoms with E-state index in [1.54, 1.807) is 0 Å². The summed E-state index contributed by atoms with van der Waals surface area (Å²) >= 11 is 0. The van der Waals surface area contributed by atoms with E-state index in [1.165, 1.54) is 11.1 Å². The summed E-state index contributed by atoms with van der Waals surface area (Å²) in [7, 11) is 0. The van der Waals surface area contributed by atoms with E-state index in [0.717, 1.165) is 22.6 Å². The third kappa shape index (κ3) is 3.54. The molecule has 130 valence electrons. The van der Waals surface area contributed by atoms with E-state index in [0.29, 0.717) is 0 Å². The Balaban J connectivity index is 1.93. The predicted octanol–water partition coefficient (Wildman–Crippen LogP) is 7.47. The van der Waals surface area contributed by atoms with Crippen molar-refractivity contribution in [3.63, 3.8) is 0 Å². The van der Waals surface area contributed by atoms with Crippen LogP contribution in [0.15, 0.2) is 116 Å². The van der Waals surface area contributed by atoms with Crippen LogP contribution in [-0.2, 0) is 0 Å². The maximum Gasteiger partial charge on any atom is 0.0540 e. The Bertz CT molecular complexity index is 996. The van der Waals surface area contributed by atoms with Gasteiger partial charge in [0, 0.05) is 16.9 Å². The van der Waals surface area contributed by atoms with Crippen LogP contribution in [-0.4, -0.2) is 0 Å². The molecule has 0 atom stereocenters. The van der Waals surface area contributed by atoms with Gasteiger partial charge in [0.05, 0.1) is 5.69 Å². The summed E-state index contributed by atoms with van der Waals surface area (Å²) in [5, 5.41) is 0. The van der Waals surface area contributed by atoms with Crippen molar-refractivity contribution in [3.8, 4) is 11.1 Å². The van der Waals surface area contributed by atoms with E-state index in [4.69, 9.17) is 0 Å². The van der Waals surface area contributed by atoms with Crippen molar-refractivity contribution in [2.45, 2.75) is 0 Å². The first-order chi connectivity index (χ1) is 13.4. The fourth-order valence-corrected chi connectivity index (χ4v) is 3.33. The van der Waals surface area contributed by atoms with Crippen LogP contribution < -0.4 is 4.90 Å². The average molecular weight is 347 g/mol. The van der Waals surface area contributed by atoms with Crippen molar-refractivity contribution >= 4 is 23.1 Å². The quantitative estimate of drug-likeness (QED) is 0.362. The topological polar surface area (TPSA) is 3.24 Å². The molecule has 4 aromatic carbocycles. The Morgan fingerprint density at radius 2 is 1.19 bits per heavy atom. The van der Waals surface area contributed by atoms with Crippen LogP contribution in [0.25, 0.3) is 17.2 Å². The Morgan fingerprint density at radius 3 is 1.81 bits per heavy atom. The SMILES string of the molecule is C=Cc1cccc(-c2ccccc2N(c2ccccc2)c2ccccc2)c1. The lowest BCUT2D eigenvalue weighted by Gasteiger charge is -2.27. The molecular formula is C26H21N. The number of nitrogens with zero attached hydrogens (tertiary/aromatic N) is 1. The molecule has 0 saturated carbocycles. The molecular weight excluding hydrogens is 326 g/mol. The first kappa shape index (κ1) is 16.9. The van der Waals surface area contributed by atoms with Crippen molar-refractivity contribution in [3.05, 3.63) is 121 Å². The first-order valence-corrected chi connectivity index (χ1v) is 9.09. The van der Waals surface area contributed by atoms with Crippen LogP contribution in [0.2, 0.25) is 0 Å². The van der Waals surface area contributed by atoms with Gasteiger partial charge in [-0.25, -0.2) is 0 Å². The molecule has 0 radical (unpaired) electrons. The number of hydrogen-bond donors (Lipinski definition) is 0. The second-order valence-electron chi connectivity index (χ2n) is 6.35. The zero-order valence-corrected chi connectivity index (χ0v) is 15.1. The molecule has 4 aromatic rings. The minimum atomic E-state index is 1.12. The van der Waals surface area contributed by atoms with Crippen LogP contribution in [0.3, 0.4) is 0 Å². The normalized spacial score (nSPS) is 10.4. The monoisotopic (exact) mass is 347 g/mol. The van der Waals surface area contributed by atoms with Crippen LogP contribution in [0.5, 0.6) is 0 Å². The second-order valence-corrected chi connectivity index (χ2v) is 6.35. The average Bonchev–Trinajstić information content (AvgIpc) is 2.76. The van der Waals surface area contributed by atoms with Gasteiger partial charge in [0.25, 0.3) is 0 Å². The fourth-order valence-electron chi connectivity index (χ4n) is 3.33. The highest BCUT2D eigenvalue weighted by atomic mass is 15.1. The molecule has 1 heteroatoms. The highest BCUT2D eigenvalue weighted by molar-refractivity contribution is 5.88. The molecule has 0 fully saturated rings. The molecule has 0 aliphatic carbocycles. The Morgan fingerprint density at radius 1 is 0.593 bits per heavy atom. The third-order valence-corrected chi connectivity index (χ3v) is 4.61. The fraction of sp³-hybridized carbons (Fsp3) is 0. The Kier molecular flexibility index (Phi) is 4.84. The van der Waals surface area contributed by atoms with E-state index in [2.05, 4.69) is 109 Å². The molecule has 0 N–H and O–H groups in total. The summed E-state index contributed by atoms with van der Waals surface area (Å²) in [6.07, 6.45) is 1.89. The van der Waals surface area contributed by atoms with Crippen LogP contribution in [0.4, 0.5) is 17.1 Å². The summed E-state index contributed by atoms with van der Waals surface area (Å²) in [5.74, 6) is 0. The van der Waals surface area contributed by atoms with E-state index < -0.39 is 0 Å². The van der Waals surface area contributed by atoms with E-state index in [-0.39, 0.29) is 0 Å². The number of para-hydroxylation sites is 3. The molecule has 0 heterocycles. The van der Waals surface area contributed by atoms with Crippen molar-refractivity contribution in [2.75, 3.05) is 4.90 Å². The molecule has 0 saturated heterocycles. The first-order valence-electron chi connectivity index (χ1n) is 9.09. The summed E-state index contributed by atoms with van der Waals surface area (Å²) in [5.41, 5.74) is 6.91. The summed E-state index contributed by atoms with van der Waals surface area (Å²) in [4.78, 5) is 2.30. The highest BCUT2D eigenvalue weighted by Gasteiger charge is 2.16. The van der Waals surface area contributed by atoms with Gasteiger partial charge in [0.1, 0.15) is 0 Å². The second kappa shape index (κ2) is 7.76. The van der Waals surface area contributed by atoms with Crippen molar-refractivity contribution in [2.24, 2.45) is 0 Å². The Hall–Kier alpha value is -3.58. The van der Waals surface area contributed by atoms with E-state index >= 15 is 0 Å². The van der Waals surface area contributed by atoms with Crippen LogP contribution >= 0.6 is 0 Å². The van der Waals surface area contributed by atoms with Crippen molar-refractivity contribution in [1.82, 2.24) is 0 Å². The zero-order valence-electron chi connectivity index (χ0n) is 15.1. The van der Waals surface area contributed by atoms with Crippen molar-refractivity contribution < 1.29 is 0 Å². The maximum atomic E-state index is 3.91. The lowest BCUT2D eigenvalue weighted by atomic mass is 10.00. The van der Waals surface area contributed by atoms with Gasteiger partial charge in [-0.15, -0.1) is 0 Å². The van der Waals surface area contributed by atoms with Gasteiger partial charge < -0.3 is 4.90 Å². The smallest absolute Gasteiger partial charge is 0.0540 e. The lowest BCUT2D eigenvalue weighted by Crippen LogP contribution is -2.10. The molecule has 27 heavy (non-hydrogen) atoms. The minimum Gasteiger partial charge on any atom is -0.310 e. The lowest BCUT2D eigenvalue weighted by molar-refractivity contribution is 1.28. The molecule has 0 aromatic heterocycles. The molecule has 0 amide bonds. The van der Waals surface area contributed by atoms with Gasteiger partial charge in [0.15, 0.2) is 0 Å². The zero-order chi connectivity index (χ0) is 18.5. The molecule has 0 aliphatic rings. The van der Waals surface area contributed by atoms with Gasteiger partial charge in [0.2, 0.25) is 0 Å².